The van der Waals surface area contributed by atoms with Crippen molar-refractivity contribution in [2.75, 3.05) is 41.8 Å². The summed E-state index contributed by atoms with van der Waals surface area (Å²) in [7, 11) is 0. The average Bonchev–Trinajstić information content (AvgIpc) is 3.39. The Kier molecular flexibility index (Phi) is 6.30. The van der Waals surface area contributed by atoms with E-state index in [9.17, 15) is 4.79 Å². The van der Waals surface area contributed by atoms with Gasteiger partial charge in [0.25, 0.3) is 11.8 Å². The molecular weight excluding hydrogens is 480 g/mol. The predicted octanol–water partition coefficient (Wildman–Crippen LogP) is 3.81. The molecule has 9 heteroatoms. The quantitative estimate of drug-likeness (QED) is 0.396. The highest BCUT2D eigenvalue weighted by molar-refractivity contribution is 6.05. The fourth-order valence-corrected chi connectivity index (χ4v) is 4.60. The van der Waals surface area contributed by atoms with Gasteiger partial charge in [0.05, 0.1) is 18.9 Å². The number of carbonyl (C=O) groups excluding carboxylic acids is 1. The van der Waals surface area contributed by atoms with Crippen LogP contribution in [0.25, 0.3) is 17.2 Å². The van der Waals surface area contributed by atoms with Gasteiger partial charge in [-0.2, -0.15) is 0 Å². The van der Waals surface area contributed by atoms with E-state index in [1.807, 2.05) is 66.7 Å². The number of fused-ring (bicyclic) bond motifs is 1. The van der Waals surface area contributed by atoms with E-state index in [-0.39, 0.29) is 17.8 Å². The number of hydrogen-bond acceptors (Lipinski definition) is 8. The Morgan fingerprint density at radius 1 is 1.05 bits per heavy atom. The minimum absolute atomic E-state index is 0.102. The molecule has 2 N–H and O–H groups in total. The number of nitrogens with one attached hydrogen (secondary N) is 2. The second-order valence-corrected chi connectivity index (χ2v) is 8.85. The van der Waals surface area contributed by atoms with Crippen molar-refractivity contribution in [3.8, 4) is 23.9 Å². The maximum absolute atomic E-state index is 13.2. The minimum Gasteiger partial charge on any atom is -0.402 e. The van der Waals surface area contributed by atoms with Gasteiger partial charge in [-0.15, -0.1) is 11.5 Å². The number of para-hydroxylation sites is 1. The highest BCUT2D eigenvalue weighted by atomic mass is 16.5. The molecule has 6 rings (SSSR count). The molecule has 1 amide bonds. The molecule has 1 saturated heterocycles. The van der Waals surface area contributed by atoms with Crippen molar-refractivity contribution >= 4 is 28.9 Å². The second kappa shape index (κ2) is 10.2. The predicted molar refractivity (Wildman–Crippen MR) is 144 cm³/mol. The number of amides is 1. The number of ether oxygens (including phenoxy) is 1. The molecular formula is C29H24N6O3. The van der Waals surface area contributed by atoms with Gasteiger partial charge in [-0.25, -0.2) is 4.98 Å². The monoisotopic (exact) mass is 504 g/mol. The molecule has 0 radical (unpaired) electrons. The van der Waals surface area contributed by atoms with Gasteiger partial charge < -0.3 is 24.7 Å². The summed E-state index contributed by atoms with van der Waals surface area (Å²) in [6.07, 6.45) is 9.09. The van der Waals surface area contributed by atoms with E-state index in [0.29, 0.717) is 37.6 Å². The molecule has 0 spiro atoms. The Balaban J connectivity index is 1.33. The summed E-state index contributed by atoms with van der Waals surface area (Å²) in [6.45, 7) is 2.59. The fraction of sp³-hybridized carbons (Fsp3) is 0.172. The molecule has 9 nitrogen and oxygen atoms in total. The lowest BCUT2D eigenvalue weighted by molar-refractivity contribution is -0.116. The number of morpholine rings is 1. The summed E-state index contributed by atoms with van der Waals surface area (Å²) in [5.41, 5.74) is 5.53. The van der Waals surface area contributed by atoms with Crippen LogP contribution in [0, 0.1) is 12.3 Å². The highest BCUT2D eigenvalue weighted by Crippen LogP contribution is 2.34. The Hall–Kier alpha value is -4.94. The third-order valence-electron chi connectivity index (χ3n) is 6.47. The lowest BCUT2D eigenvalue weighted by atomic mass is 9.96. The smallest absolute Gasteiger partial charge is 0.316 e. The molecule has 4 aromatic rings. The number of nitrogens with zero attached hydrogens (tertiary/aromatic N) is 4. The van der Waals surface area contributed by atoms with Crippen molar-refractivity contribution in [1.82, 2.24) is 15.2 Å². The number of anilines is 3. The summed E-state index contributed by atoms with van der Waals surface area (Å²) in [5.74, 6) is 2.61. The van der Waals surface area contributed by atoms with Gasteiger partial charge in [0.2, 0.25) is 0 Å². The molecule has 2 aromatic carbocycles. The van der Waals surface area contributed by atoms with E-state index >= 15 is 0 Å². The number of benzene rings is 2. The summed E-state index contributed by atoms with van der Waals surface area (Å²) >= 11 is 0. The Morgan fingerprint density at radius 2 is 1.84 bits per heavy atom. The molecule has 2 aromatic heterocycles. The first-order valence-electron chi connectivity index (χ1n) is 12.3. The standard InChI is InChI=1S/C29H24N6O3/c1-2-19-16-25(35-12-14-37-15-13-35)26(30-18-19)28-33-34-29(38-28)32-24-17-22(20-8-4-3-5-9-20)21-10-6-7-11-23(21)31-27(24)36/h1,3-11,16-18,24H,12-15H2,(H,31,36)(H,32,34)/t24-/m0/s1. The van der Waals surface area contributed by atoms with Gasteiger partial charge in [0.1, 0.15) is 6.04 Å². The van der Waals surface area contributed by atoms with Crippen LogP contribution in [0.1, 0.15) is 16.7 Å². The van der Waals surface area contributed by atoms with E-state index in [1.54, 1.807) is 6.20 Å². The first-order valence-corrected chi connectivity index (χ1v) is 12.3. The van der Waals surface area contributed by atoms with Crippen LogP contribution in [0.3, 0.4) is 0 Å². The molecule has 2 aliphatic rings. The number of rotatable bonds is 5. The molecule has 0 bridgehead atoms. The molecule has 1 fully saturated rings. The zero-order valence-corrected chi connectivity index (χ0v) is 20.4. The number of carbonyl (C=O) groups is 1. The van der Waals surface area contributed by atoms with Crippen molar-refractivity contribution in [2.24, 2.45) is 0 Å². The number of aromatic nitrogens is 3. The van der Waals surface area contributed by atoms with Gasteiger partial charge in [-0.1, -0.05) is 59.6 Å². The zero-order valence-electron chi connectivity index (χ0n) is 20.4. The lowest BCUT2D eigenvalue weighted by Gasteiger charge is -2.29. The van der Waals surface area contributed by atoms with Crippen LogP contribution < -0.4 is 15.5 Å². The molecule has 188 valence electrons. The molecule has 0 unspecified atom stereocenters. The van der Waals surface area contributed by atoms with Crippen LogP contribution >= 0.6 is 0 Å². The van der Waals surface area contributed by atoms with Crippen LogP contribution in [0.5, 0.6) is 0 Å². The number of hydrogen-bond donors (Lipinski definition) is 2. The average molecular weight is 505 g/mol. The van der Waals surface area contributed by atoms with Crippen molar-refractivity contribution < 1.29 is 13.9 Å². The summed E-state index contributed by atoms with van der Waals surface area (Å²) in [4.78, 5) is 19.9. The lowest BCUT2D eigenvalue weighted by Crippen LogP contribution is -2.36. The van der Waals surface area contributed by atoms with Crippen molar-refractivity contribution in [1.29, 1.82) is 0 Å². The van der Waals surface area contributed by atoms with Gasteiger partial charge >= 0.3 is 6.01 Å². The topological polar surface area (TPSA) is 105 Å². The van der Waals surface area contributed by atoms with Crippen molar-refractivity contribution in [2.45, 2.75) is 6.04 Å². The maximum Gasteiger partial charge on any atom is 0.316 e. The van der Waals surface area contributed by atoms with Gasteiger partial charge in [-0.05, 0) is 29.3 Å². The van der Waals surface area contributed by atoms with E-state index < -0.39 is 6.04 Å². The van der Waals surface area contributed by atoms with Gasteiger partial charge in [0, 0.05) is 36.1 Å². The summed E-state index contributed by atoms with van der Waals surface area (Å²) in [6, 6.07) is 18.9. The SMILES string of the molecule is C#Cc1cnc(-c2nnc(N[C@H]3C=C(c4ccccc4)c4ccccc4NC3=O)o2)c(N2CCOCC2)c1. The molecule has 2 aliphatic heterocycles. The first kappa shape index (κ1) is 23.5. The van der Waals surface area contributed by atoms with Crippen molar-refractivity contribution in [3.63, 3.8) is 0 Å². The molecule has 4 heterocycles. The van der Waals surface area contributed by atoms with Crippen LogP contribution in [-0.2, 0) is 9.53 Å². The molecule has 0 saturated carbocycles. The largest absolute Gasteiger partial charge is 0.402 e. The third kappa shape index (κ3) is 4.61. The van der Waals surface area contributed by atoms with E-state index in [0.717, 1.165) is 28.1 Å². The first-order chi connectivity index (χ1) is 18.7. The van der Waals surface area contributed by atoms with Crippen LogP contribution in [-0.4, -0.2) is 53.4 Å². The number of pyridine rings is 1. The zero-order chi connectivity index (χ0) is 25.9. The van der Waals surface area contributed by atoms with Crippen LogP contribution in [0.15, 0.2) is 77.4 Å². The molecule has 38 heavy (non-hydrogen) atoms. The summed E-state index contributed by atoms with van der Waals surface area (Å²) < 4.78 is 11.5. The minimum atomic E-state index is -0.763. The second-order valence-electron chi connectivity index (χ2n) is 8.85. The van der Waals surface area contributed by atoms with Gasteiger partial charge in [-0.3, -0.25) is 4.79 Å². The van der Waals surface area contributed by atoms with E-state index in [1.165, 1.54) is 0 Å². The van der Waals surface area contributed by atoms with E-state index in [2.05, 4.69) is 36.6 Å². The van der Waals surface area contributed by atoms with Crippen LogP contribution in [0.2, 0.25) is 0 Å². The fourth-order valence-electron chi connectivity index (χ4n) is 4.60. The normalized spacial score (nSPS) is 17.0. The Morgan fingerprint density at radius 3 is 2.66 bits per heavy atom. The highest BCUT2D eigenvalue weighted by Gasteiger charge is 2.27. The molecule has 1 atom stereocenters. The third-order valence-corrected chi connectivity index (χ3v) is 6.47. The Labute approximate surface area is 219 Å². The Bertz CT molecular complexity index is 1550. The van der Waals surface area contributed by atoms with Gasteiger partial charge in [0.15, 0.2) is 5.69 Å². The number of terminal acetylenes is 1. The van der Waals surface area contributed by atoms with E-state index in [4.69, 9.17) is 15.6 Å². The van der Waals surface area contributed by atoms with Crippen LogP contribution in [0.4, 0.5) is 17.4 Å². The summed E-state index contributed by atoms with van der Waals surface area (Å²) in [5, 5.41) is 14.5. The maximum atomic E-state index is 13.2. The molecule has 0 aliphatic carbocycles. The van der Waals surface area contributed by atoms with Crippen molar-refractivity contribution in [3.05, 3.63) is 89.6 Å².